The molecule has 0 radical (unpaired) electrons. The van der Waals surface area contributed by atoms with Crippen LogP contribution < -0.4 is 5.69 Å². The van der Waals surface area contributed by atoms with E-state index in [0.29, 0.717) is 4.83 Å². The Morgan fingerprint density at radius 1 is 1.14 bits per heavy atom. The third-order valence-corrected chi connectivity index (χ3v) is 6.16. The van der Waals surface area contributed by atoms with Crippen molar-refractivity contribution >= 4 is 42.9 Å². The van der Waals surface area contributed by atoms with Gasteiger partial charge in [0.2, 0.25) is 0 Å². The van der Waals surface area contributed by atoms with Crippen molar-refractivity contribution in [2.75, 3.05) is 0 Å². The van der Waals surface area contributed by atoms with Gasteiger partial charge < -0.3 is 9.97 Å². The van der Waals surface area contributed by atoms with Gasteiger partial charge in [0.25, 0.3) is 0 Å². The molecule has 1 aromatic carbocycles. The minimum Gasteiger partial charge on any atom is -0.306 e. The quantitative estimate of drug-likeness (QED) is 0.643. The molecule has 1 unspecified atom stereocenters. The molecule has 1 heterocycles. The molecule has 1 saturated carbocycles. The van der Waals surface area contributed by atoms with Gasteiger partial charge >= 0.3 is 5.69 Å². The van der Waals surface area contributed by atoms with Crippen molar-refractivity contribution in [1.82, 2.24) is 9.97 Å². The summed E-state index contributed by atoms with van der Waals surface area (Å²) in [5.41, 5.74) is 2.79. The zero-order chi connectivity index (χ0) is 14.8. The van der Waals surface area contributed by atoms with E-state index in [1.54, 1.807) is 0 Å². The maximum atomic E-state index is 11.4. The zero-order valence-corrected chi connectivity index (χ0v) is 15.1. The van der Waals surface area contributed by atoms with Crippen LogP contribution in [0.3, 0.4) is 0 Å². The Kier molecular flexibility index (Phi) is 4.89. The molecule has 1 atom stereocenters. The highest BCUT2D eigenvalue weighted by Gasteiger charge is 2.18. The number of H-pyrrole nitrogens is 2. The van der Waals surface area contributed by atoms with E-state index in [1.807, 2.05) is 6.07 Å². The number of hydrogen-bond acceptors (Lipinski definition) is 1. The second-order valence-corrected chi connectivity index (χ2v) is 8.01. The maximum Gasteiger partial charge on any atom is 0.323 e. The van der Waals surface area contributed by atoms with Gasteiger partial charge in [0.15, 0.2) is 0 Å². The lowest BCUT2D eigenvalue weighted by molar-refractivity contribution is 0.332. The Bertz CT molecular complexity index is 670. The Labute approximate surface area is 141 Å². The third-order valence-electron chi connectivity index (χ3n) is 4.52. The molecule has 114 valence electrons. The van der Waals surface area contributed by atoms with Crippen molar-refractivity contribution in [3.63, 3.8) is 0 Å². The molecular weight excluding hydrogens is 396 g/mol. The molecule has 21 heavy (non-hydrogen) atoms. The van der Waals surface area contributed by atoms with Gasteiger partial charge in [0, 0.05) is 9.30 Å². The molecule has 2 aromatic rings. The molecule has 5 heteroatoms. The summed E-state index contributed by atoms with van der Waals surface area (Å²) >= 11 is 7.45. The van der Waals surface area contributed by atoms with Crippen molar-refractivity contribution < 1.29 is 0 Å². The minimum atomic E-state index is -0.151. The Balaban J connectivity index is 1.72. The zero-order valence-electron chi connectivity index (χ0n) is 11.9. The van der Waals surface area contributed by atoms with E-state index in [9.17, 15) is 4.79 Å². The molecule has 0 aliphatic heterocycles. The van der Waals surface area contributed by atoms with Gasteiger partial charge in [-0.3, -0.25) is 0 Å². The highest BCUT2D eigenvalue weighted by Crippen LogP contribution is 2.37. The fraction of sp³-hybridized carbons (Fsp3) is 0.562. The largest absolute Gasteiger partial charge is 0.323 e. The van der Waals surface area contributed by atoms with Gasteiger partial charge in [-0.05, 0) is 36.5 Å². The van der Waals surface area contributed by atoms with E-state index >= 15 is 0 Å². The van der Waals surface area contributed by atoms with Gasteiger partial charge in [-0.15, -0.1) is 0 Å². The molecule has 1 aliphatic carbocycles. The molecule has 0 saturated heterocycles. The van der Waals surface area contributed by atoms with Crippen LogP contribution in [0.4, 0.5) is 0 Å². The molecule has 0 amide bonds. The van der Waals surface area contributed by atoms with Gasteiger partial charge in [-0.25, -0.2) is 4.79 Å². The van der Waals surface area contributed by atoms with Gasteiger partial charge in [-0.1, -0.05) is 64.0 Å². The predicted octanol–water partition coefficient (Wildman–Crippen LogP) is 5.42. The molecule has 1 fully saturated rings. The highest BCUT2D eigenvalue weighted by molar-refractivity contribution is 9.11. The Morgan fingerprint density at radius 3 is 2.52 bits per heavy atom. The van der Waals surface area contributed by atoms with Gasteiger partial charge in [-0.2, -0.15) is 0 Å². The van der Waals surface area contributed by atoms with Gasteiger partial charge in [0.1, 0.15) is 0 Å². The lowest BCUT2D eigenvalue weighted by Crippen LogP contribution is -2.07. The lowest BCUT2D eigenvalue weighted by atomic mass is 9.85. The van der Waals surface area contributed by atoms with E-state index in [-0.39, 0.29) is 5.69 Å². The van der Waals surface area contributed by atoms with Crippen LogP contribution in [0, 0.1) is 5.92 Å². The average Bonchev–Trinajstić information content (AvgIpc) is 2.84. The topological polar surface area (TPSA) is 48.6 Å². The van der Waals surface area contributed by atoms with Crippen LogP contribution in [0.25, 0.3) is 11.0 Å². The normalized spacial score (nSPS) is 18.2. The van der Waals surface area contributed by atoms with Crippen molar-refractivity contribution in [1.29, 1.82) is 0 Å². The van der Waals surface area contributed by atoms with Gasteiger partial charge in [0.05, 0.1) is 11.0 Å². The van der Waals surface area contributed by atoms with Crippen LogP contribution in [-0.2, 0) is 0 Å². The maximum absolute atomic E-state index is 11.4. The molecule has 0 spiro atoms. The number of halogens is 2. The van der Waals surface area contributed by atoms with Crippen LogP contribution >= 0.6 is 31.9 Å². The summed E-state index contributed by atoms with van der Waals surface area (Å²) in [4.78, 5) is 17.3. The Morgan fingerprint density at radius 2 is 1.81 bits per heavy atom. The third kappa shape index (κ3) is 3.62. The fourth-order valence-corrected chi connectivity index (χ4v) is 4.90. The first-order valence-corrected chi connectivity index (χ1v) is 9.40. The lowest BCUT2D eigenvalue weighted by Gasteiger charge is -2.23. The molecule has 2 N–H and O–H groups in total. The van der Waals surface area contributed by atoms with E-state index in [2.05, 4.69) is 47.9 Å². The summed E-state index contributed by atoms with van der Waals surface area (Å²) in [5, 5.41) is 0. The minimum absolute atomic E-state index is 0.151. The van der Waals surface area contributed by atoms with E-state index in [4.69, 9.17) is 0 Å². The van der Waals surface area contributed by atoms with E-state index < -0.39 is 0 Å². The van der Waals surface area contributed by atoms with E-state index in [0.717, 1.165) is 27.8 Å². The van der Waals surface area contributed by atoms with Crippen LogP contribution in [-0.4, -0.2) is 9.97 Å². The van der Waals surface area contributed by atoms with Crippen LogP contribution in [0.5, 0.6) is 0 Å². The summed E-state index contributed by atoms with van der Waals surface area (Å²) in [5.74, 6) is 0.897. The molecule has 3 nitrogen and oxygen atoms in total. The smallest absolute Gasteiger partial charge is 0.306 e. The molecule has 3 rings (SSSR count). The number of nitrogens with one attached hydrogen (secondary N) is 2. The number of hydrogen-bond donors (Lipinski definition) is 2. The second kappa shape index (κ2) is 6.69. The molecule has 1 aliphatic rings. The summed E-state index contributed by atoms with van der Waals surface area (Å²) in [7, 11) is 0. The van der Waals surface area contributed by atoms with Crippen molar-refractivity contribution in [2.45, 2.75) is 49.8 Å². The monoisotopic (exact) mass is 414 g/mol. The number of alkyl halides is 1. The summed E-state index contributed by atoms with van der Waals surface area (Å²) in [6, 6.07) is 4.05. The summed E-state index contributed by atoms with van der Waals surface area (Å²) in [6.45, 7) is 0. The summed E-state index contributed by atoms with van der Waals surface area (Å²) in [6.07, 6.45) is 9.43. The summed E-state index contributed by atoms with van der Waals surface area (Å²) < 4.78 is 1.05. The van der Waals surface area contributed by atoms with Crippen molar-refractivity contribution in [3.05, 3.63) is 32.7 Å². The molecular formula is C16H20Br2N2O. The predicted molar refractivity (Wildman–Crippen MR) is 94.1 cm³/mol. The first-order chi connectivity index (χ1) is 10.1. The Hall–Kier alpha value is -0.550. The number of benzene rings is 1. The number of fused-ring (bicyclic) bond motifs is 1. The number of aromatic amines is 2. The SMILES string of the molecule is O=c1[nH]c2cc(Br)c(C(Br)CCC3CCCCC3)cc2[nH]1. The van der Waals surface area contributed by atoms with Crippen LogP contribution in [0.1, 0.15) is 55.3 Å². The first-order valence-electron chi connectivity index (χ1n) is 7.69. The second-order valence-electron chi connectivity index (χ2n) is 6.05. The van der Waals surface area contributed by atoms with E-state index in [1.165, 1.54) is 44.1 Å². The first kappa shape index (κ1) is 15.3. The van der Waals surface area contributed by atoms with Crippen LogP contribution in [0.2, 0.25) is 0 Å². The number of imidazole rings is 1. The average molecular weight is 416 g/mol. The van der Waals surface area contributed by atoms with Crippen molar-refractivity contribution in [2.24, 2.45) is 5.92 Å². The molecule has 0 bridgehead atoms. The highest BCUT2D eigenvalue weighted by atomic mass is 79.9. The van der Waals surface area contributed by atoms with Crippen molar-refractivity contribution in [3.8, 4) is 0 Å². The standard InChI is InChI=1S/C16H20Br2N2O/c17-12(7-6-10-4-2-1-3-5-10)11-8-14-15(9-13(11)18)20-16(21)19-14/h8-10,12H,1-7H2,(H2,19,20,21). The number of rotatable bonds is 4. The fourth-order valence-electron chi connectivity index (χ4n) is 3.33. The number of aromatic nitrogens is 2. The molecule has 1 aromatic heterocycles. The van der Waals surface area contributed by atoms with Crippen LogP contribution in [0.15, 0.2) is 21.4 Å².